The molecule has 6 heteroatoms. The summed E-state index contributed by atoms with van der Waals surface area (Å²) < 4.78 is 5.26. The van der Waals surface area contributed by atoms with Crippen LogP contribution in [-0.4, -0.2) is 24.0 Å². The number of anilines is 1. The molecule has 0 amide bonds. The lowest BCUT2D eigenvalue weighted by atomic mass is 10.0. The molecule has 0 saturated carbocycles. The summed E-state index contributed by atoms with van der Waals surface area (Å²) in [6.45, 7) is 2.00. The fraction of sp³-hybridized carbons (Fsp3) is 0.222. The van der Waals surface area contributed by atoms with Crippen molar-refractivity contribution < 1.29 is 14.6 Å². The number of methoxy groups -OCH3 is 1. The van der Waals surface area contributed by atoms with Crippen molar-refractivity contribution in [2.75, 3.05) is 12.4 Å². The van der Waals surface area contributed by atoms with Crippen LogP contribution in [0.3, 0.4) is 0 Å². The molecule has 0 heterocycles. The number of benzene rings is 2. The van der Waals surface area contributed by atoms with Gasteiger partial charge < -0.3 is 20.9 Å². The van der Waals surface area contributed by atoms with Crippen LogP contribution in [-0.2, 0) is 11.2 Å². The van der Waals surface area contributed by atoms with Crippen LogP contribution in [0.5, 0.6) is 5.75 Å². The second-order valence-electron chi connectivity index (χ2n) is 5.37. The highest BCUT2D eigenvalue weighted by molar-refractivity contribution is 5.95. The first-order chi connectivity index (χ1) is 11.4. The van der Waals surface area contributed by atoms with Crippen LogP contribution in [0, 0.1) is 5.41 Å². The molecule has 1 unspecified atom stereocenters. The molecule has 2 aromatic carbocycles. The average molecular weight is 327 g/mol. The summed E-state index contributed by atoms with van der Waals surface area (Å²) >= 11 is 0. The summed E-state index contributed by atoms with van der Waals surface area (Å²) in [5, 5.41) is 20.0. The zero-order valence-electron chi connectivity index (χ0n) is 13.7. The fourth-order valence-electron chi connectivity index (χ4n) is 2.38. The Hall–Kier alpha value is -3.02. The SMILES string of the molecule is CCc1cc(OC)cc(C(Nc2ccc(C(=N)N)cc2)C(=O)O)c1. The van der Waals surface area contributed by atoms with E-state index in [1.807, 2.05) is 19.1 Å². The molecule has 0 spiro atoms. The van der Waals surface area contributed by atoms with Gasteiger partial charge in [0.1, 0.15) is 11.6 Å². The van der Waals surface area contributed by atoms with E-state index in [1.165, 1.54) is 0 Å². The Balaban J connectivity index is 2.32. The molecule has 0 saturated heterocycles. The van der Waals surface area contributed by atoms with Crippen LogP contribution in [0.1, 0.15) is 29.7 Å². The molecule has 0 aliphatic carbocycles. The standard InChI is InChI=1S/C18H21N3O3/c1-3-11-8-13(10-15(9-11)24-2)16(18(22)23)21-14-6-4-12(5-7-14)17(19)20/h4-10,16,21H,3H2,1-2H3,(H3,19,20)(H,22,23). The number of nitrogens with two attached hydrogens (primary N) is 1. The topological polar surface area (TPSA) is 108 Å². The molecule has 2 aromatic rings. The number of amidine groups is 1. The second-order valence-corrected chi connectivity index (χ2v) is 5.37. The molecular weight excluding hydrogens is 306 g/mol. The molecule has 0 aromatic heterocycles. The molecule has 6 nitrogen and oxygen atoms in total. The second kappa shape index (κ2) is 7.50. The zero-order valence-corrected chi connectivity index (χ0v) is 13.7. The van der Waals surface area contributed by atoms with E-state index in [0.29, 0.717) is 22.6 Å². The fourth-order valence-corrected chi connectivity index (χ4v) is 2.38. The number of rotatable bonds is 7. The first-order valence-electron chi connectivity index (χ1n) is 7.56. The maximum Gasteiger partial charge on any atom is 0.330 e. The number of ether oxygens (including phenoxy) is 1. The molecule has 0 radical (unpaired) electrons. The van der Waals surface area contributed by atoms with Crippen molar-refractivity contribution in [3.8, 4) is 5.75 Å². The smallest absolute Gasteiger partial charge is 0.330 e. The lowest BCUT2D eigenvalue weighted by Gasteiger charge is -2.18. The molecule has 2 rings (SSSR count). The Labute approximate surface area is 140 Å². The summed E-state index contributed by atoms with van der Waals surface area (Å²) in [5.41, 5.74) is 8.26. The molecular formula is C18H21N3O3. The molecule has 0 bridgehead atoms. The van der Waals surface area contributed by atoms with Gasteiger partial charge in [0.25, 0.3) is 0 Å². The number of hydrogen-bond donors (Lipinski definition) is 4. The molecule has 5 N–H and O–H groups in total. The molecule has 0 fully saturated rings. The molecule has 24 heavy (non-hydrogen) atoms. The summed E-state index contributed by atoms with van der Waals surface area (Å²) in [4.78, 5) is 11.7. The van der Waals surface area contributed by atoms with Crippen molar-refractivity contribution in [2.45, 2.75) is 19.4 Å². The number of nitrogen functional groups attached to an aromatic ring is 1. The van der Waals surface area contributed by atoms with Gasteiger partial charge in [0.05, 0.1) is 7.11 Å². The van der Waals surface area contributed by atoms with Gasteiger partial charge in [0.2, 0.25) is 0 Å². The number of carbonyl (C=O) groups is 1. The highest BCUT2D eigenvalue weighted by Gasteiger charge is 2.21. The van der Waals surface area contributed by atoms with Crippen LogP contribution in [0.15, 0.2) is 42.5 Å². The number of nitrogens with one attached hydrogen (secondary N) is 2. The number of carboxylic acid groups (broad SMARTS) is 1. The molecule has 1 atom stereocenters. The Morgan fingerprint density at radius 2 is 1.96 bits per heavy atom. The predicted octanol–water partition coefficient (Wildman–Crippen LogP) is 2.78. The third kappa shape index (κ3) is 4.04. The summed E-state index contributed by atoms with van der Waals surface area (Å²) in [5.74, 6) is -0.387. The van der Waals surface area contributed by atoms with Crippen molar-refractivity contribution in [3.63, 3.8) is 0 Å². The Morgan fingerprint density at radius 1 is 1.29 bits per heavy atom. The van der Waals surface area contributed by atoms with Gasteiger partial charge in [-0.3, -0.25) is 5.41 Å². The zero-order chi connectivity index (χ0) is 17.7. The normalized spacial score (nSPS) is 11.6. The van der Waals surface area contributed by atoms with Crippen molar-refractivity contribution in [2.24, 2.45) is 5.73 Å². The minimum Gasteiger partial charge on any atom is -0.497 e. The Morgan fingerprint density at radius 3 is 2.46 bits per heavy atom. The lowest BCUT2D eigenvalue weighted by molar-refractivity contribution is -0.138. The van der Waals surface area contributed by atoms with Crippen LogP contribution in [0.4, 0.5) is 5.69 Å². The lowest BCUT2D eigenvalue weighted by Crippen LogP contribution is -2.21. The Bertz CT molecular complexity index is 719. The average Bonchev–Trinajstić information content (AvgIpc) is 2.59. The van der Waals surface area contributed by atoms with Crippen molar-refractivity contribution >= 4 is 17.5 Å². The maximum absolute atomic E-state index is 11.7. The highest BCUT2D eigenvalue weighted by atomic mass is 16.5. The van der Waals surface area contributed by atoms with Gasteiger partial charge in [-0.15, -0.1) is 0 Å². The minimum atomic E-state index is -0.985. The van der Waals surface area contributed by atoms with Crippen molar-refractivity contribution in [1.29, 1.82) is 5.41 Å². The largest absolute Gasteiger partial charge is 0.497 e. The molecule has 0 aliphatic rings. The number of hydrogen-bond acceptors (Lipinski definition) is 4. The third-order valence-corrected chi connectivity index (χ3v) is 3.72. The van der Waals surface area contributed by atoms with E-state index in [9.17, 15) is 9.90 Å². The summed E-state index contributed by atoms with van der Waals surface area (Å²) in [6.07, 6.45) is 0.782. The number of carboxylic acids is 1. The number of aliphatic carboxylic acids is 1. The van der Waals surface area contributed by atoms with E-state index in [4.69, 9.17) is 15.9 Å². The van der Waals surface area contributed by atoms with Crippen molar-refractivity contribution in [1.82, 2.24) is 0 Å². The summed E-state index contributed by atoms with van der Waals surface area (Å²) in [7, 11) is 1.56. The van der Waals surface area contributed by atoms with Crippen LogP contribution >= 0.6 is 0 Å². The van der Waals surface area contributed by atoms with Gasteiger partial charge in [0, 0.05) is 11.3 Å². The van der Waals surface area contributed by atoms with Crippen LogP contribution in [0.25, 0.3) is 0 Å². The van der Waals surface area contributed by atoms with E-state index in [-0.39, 0.29) is 5.84 Å². The van der Waals surface area contributed by atoms with E-state index >= 15 is 0 Å². The van der Waals surface area contributed by atoms with Crippen molar-refractivity contribution in [3.05, 3.63) is 59.2 Å². The van der Waals surface area contributed by atoms with Crippen LogP contribution in [0.2, 0.25) is 0 Å². The molecule has 126 valence electrons. The third-order valence-electron chi connectivity index (χ3n) is 3.72. The monoisotopic (exact) mass is 327 g/mol. The van der Waals surface area contributed by atoms with E-state index < -0.39 is 12.0 Å². The number of aryl methyl sites for hydroxylation is 1. The van der Waals surface area contributed by atoms with Crippen LogP contribution < -0.4 is 15.8 Å². The predicted molar refractivity (Wildman–Crippen MR) is 93.8 cm³/mol. The van der Waals surface area contributed by atoms with Gasteiger partial charge in [-0.25, -0.2) is 4.79 Å². The van der Waals surface area contributed by atoms with Gasteiger partial charge in [-0.2, -0.15) is 0 Å². The van der Waals surface area contributed by atoms with Gasteiger partial charge in [0.15, 0.2) is 6.04 Å². The van der Waals surface area contributed by atoms with E-state index in [2.05, 4.69) is 5.32 Å². The maximum atomic E-state index is 11.7. The first-order valence-corrected chi connectivity index (χ1v) is 7.56. The Kier molecular flexibility index (Phi) is 5.42. The first kappa shape index (κ1) is 17.3. The summed E-state index contributed by atoms with van der Waals surface area (Å²) in [6, 6.07) is 11.3. The van der Waals surface area contributed by atoms with Gasteiger partial charge >= 0.3 is 5.97 Å². The van der Waals surface area contributed by atoms with Gasteiger partial charge in [-0.1, -0.05) is 13.0 Å². The van der Waals surface area contributed by atoms with Gasteiger partial charge in [-0.05, 0) is 53.9 Å². The van der Waals surface area contributed by atoms with E-state index in [1.54, 1.807) is 37.4 Å². The molecule has 0 aliphatic heterocycles. The minimum absolute atomic E-state index is 0.0308. The van der Waals surface area contributed by atoms with E-state index in [0.717, 1.165) is 12.0 Å². The highest BCUT2D eigenvalue weighted by Crippen LogP contribution is 2.26. The quantitative estimate of drug-likeness (QED) is 0.462.